The third-order valence-electron chi connectivity index (χ3n) is 4.10. The Morgan fingerprint density at radius 3 is 2.68 bits per heavy atom. The van der Waals surface area contributed by atoms with Crippen LogP contribution in [0.25, 0.3) is 5.65 Å². The molecule has 136 valence electrons. The molecule has 0 amide bonds. The van der Waals surface area contributed by atoms with Gasteiger partial charge in [0.25, 0.3) is 0 Å². The lowest BCUT2D eigenvalue weighted by Crippen LogP contribution is -2.43. The van der Waals surface area contributed by atoms with Gasteiger partial charge >= 0.3 is 12.1 Å². The maximum absolute atomic E-state index is 13.0. The molecular formula is C16H19F3N4O2. The molecule has 1 saturated heterocycles. The predicted octanol–water partition coefficient (Wildman–Crippen LogP) is 1.93. The van der Waals surface area contributed by atoms with Crippen LogP contribution in [-0.4, -0.2) is 53.0 Å². The number of nitrogens with one attached hydrogen (secondary N) is 1. The SMILES string of the molecule is CCOC(=O)c1nc2ccc(C(F)(F)F)cn2c1CN1CCNCC1. The fraction of sp³-hybridized carbons (Fsp3) is 0.500. The van der Waals surface area contributed by atoms with Gasteiger partial charge in [-0.1, -0.05) is 0 Å². The van der Waals surface area contributed by atoms with E-state index in [-0.39, 0.29) is 12.3 Å². The lowest BCUT2D eigenvalue weighted by atomic mass is 10.2. The van der Waals surface area contributed by atoms with Gasteiger partial charge in [0.2, 0.25) is 0 Å². The number of halogens is 3. The Morgan fingerprint density at radius 1 is 1.32 bits per heavy atom. The summed E-state index contributed by atoms with van der Waals surface area (Å²) in [5.74, 6) is -0.620. The van der Waals surface area contributed by atoms with E-state index in [1.54, 1.807) is 6.92 Å². The van der Waals surface area contributed by atoms with Gasteiger partial charge in [0, 0.05) is 38.9 Å². The number of hydrogen-bond donors (Lipinski definition) is 1. The number of hydrogen-bond acceptors (Lipinski definition) is 5. The monoisotopic (exact) mass is 356 g/mol. The van der Waals surface area contributed by atoms with Crippen molar-refractivity contribution in [1.82, 2.24) is 19.6 Å². The van der Waals surface area contributed by atoms with Gasteiger partial charge in [0.1, 0.15) is 5.65 Å². The number of carbonyl (C=O) groups excluding carboxylic acids is 1. The largest absolute Gasteiger partial charge is 0.461 e. The van der Waals surface area contributed by atoms with Crippen LogP contribution in [0, 0.1) is 0 Å². The van der Waals surface area contributed by atoms with Gasteiger partial charge in [-0.3, -0.25) is 4.90 Å². The minimum absolute atomic E-state index is 0.0692. The van der Waals surface area contributed by atoms with Crippen molar-refractivity contribution in [2.24, 2.45) is 0 Å². The molecule has 0 aliphatic carbocycles. The van der Waals surface area contributed by atoms with Crippen molar-refractivity contribution in [1.29, 1.82) is 0 Å². The number of rotatable bonds is 4. The second-order valence-corrected chi connectivity index (χ2v) is 5.80. The summed E-state index contributed by atoms with van der Waals surface area (Å²) in [6.07, 6.45) is -3.47. The lowest BCUT2D eigenvalue weighted by Gasteiger charge is -2.27. The fourth-order valence-electron chi connectivity index (χ4n) is 2.86. The number of piperazine rings is 1. The molecule has 1 fully saturated rings. The molecule has 0 unspecified atom stereocenters. The van der Waals surface area contributed by atoms with Crippen LogP contribution in [0.2, 0.25) is 0 Å². The third-order valence-corrected chi connectivity index (χ3v) is 4.10. The first-order valence-electron chi connectivity index (χ1n) is 8.08. The van der Waals surface area contributed by atoms with Gasteiger partial charge in [-0.05, 0) is 19.1 Å². The minimum Gasteiger partial charge on any atom is -0.461 e. The van der Waals surface area contributed by atoms with Crippen LogP contribution in [-0.2, 0) is 17.5 Å². The summed E-state index contributed by atoms with van der Waals surface area (Å²) in [7, 11) is 0. The quantitative estimate of drug-likeness (QED) is 0.849. The maximum Gasteiger partial charge on any atom is 0.417 e. The van der Waals surface area contributed by atoms with Gasteiger partial charge in [0.15, 0.2) is 5.69 Å². The zero-order chi connectivity index (χ0) is 18.0. The molecule has 0 spiro atoms. The standard InChI is InChI=1S/C16H19F3N4O2/c1-2-25-15(24)14-12(10-22-7-5-20-6-8-22)23-9-11(16(17,18)19)3-4-13(23)21-14/h3-4,9,20H,2,5-8,10H2,1H3. The highest BCUT2D eigenvalue weighted by Crippen LogP contribution is 2.30. The number of aromatic nitrogens is 2. The van der Waals surface area contributed by atoms with Crippen molar-refractivity contribution < 1.29 is 22.7 Å². The predicted molar refractivity (Wildman–Crippen MR) is 84.3 cm³/mol. The zero-order valence-corrected chi connectivity index (χ0v) is 13.8. The van der Waals surface area contributed by atoms with E-state index in [1.165, 1.54) is 10.5 Å². The van der Waals surface area contributed by atoms with Gasteiger partial charge in [-0.2, -0.15) is 13.2 Å². The van der Waals surface area contributed by atoms with E-state index >= 15 is 0 Å². The van der Waals surface area contributed by atoms with Gasteiger partial charge in [-0.25, -0.2) is 9.78 Å². The van der Waals surface area contributed by atoms with Crippen molar-refractivity contribution in [3.63, 3.8) is 0 Å². The summed E-state index contributed by atoms with van der Waals surface area (Å²) in [4.78, 5) is 18.5. The summed E-state index contributed by atoms with van der Waals surface area (Å²) in [5.41, 5.74) is -0.00304. The Hall–Kier alpha value is -2.13. The second kappa shape index (κ2) is 7.01. The lowest BCUT2D eigenvalue weighted by molar-refractivity contribution is -0.137. The number of carbonyl (C=O) groups is 1. The van der Waals surface area contributed by atoms with Gasteiger partial charge < -0.3 is 14.5 Å². The summed E-state index contributed by atoms with van der Waals surface area (Å²) < 4.78 is 45.5. The van der Waals surface area contributed by atoms with Gasteiger partial charge in [-0.15, -0.1) is 0 Å². The second-order valence-electron chi connectivity index (χ2n) is 5.80. The number of ether oxygens (including phenoxy) is 1. The Bertz CT molecular complexity index is 767. The van der Waals surface area contributed by atoms with Crippen LogP contribution < -0.4 is 5.32 Å². The number of nitrogens with zero attached hydrogens (tertiary/aromatic N) is 3. The Morgan fingerprint density at radius 2 is 2.04 bits per heavy atom. The average molecular weight is 356 g/mol. The fourth-order valence-corrected chi connectivity index (χ4v) is 2.86. The van der Waals surface area contributed by atoms with E-state index in [0.29, 0.717) is 17.9 Å². The van der Waals surface area contributed by atoms with Crippen molar-refractivity contribution in [2.45, 2.75) is 19.6 Å². The molecule has 0 aromatic carbocycles. The highest BCUT2D eigenvalue weighted by atomic mass is 19.4. The Labute approximate surface area is 142 Å². The first-order valence-corrected chi connectivity index (χ1v) is 8.08. The summed E-state index contributed by atoms with van der Waals surface area (Å²) in [6.45, 7) is 5.25. The molecule has 1 aliphatic rings. The van der Waals surface area contributed by atoms with Crippen molar-refractivity contribution in [3.05, 3.63) is 35.3 Å². The smallest absolute Gasteiger partial charge is 0.417 e. The number of pyridine rings is 1. The topological polar surface area (TPSA) is 58.9 Å². The van der Waals surface area contributed by atoms with E-state index in [1.807, 2.05) is 0 Å². The van der Waals surface area contributed by atoms with Gasteiger partial charge in [0.05, 0.1) is 17.9 Å². The molecule has 1 N–H and O–H groups in total. The molecule has 1 aliphatic heterocycles. The van der Waals surface area contributed by atoms with Crippen molar-refractivity contribution >= 4 is 11.6 Å². The third kappa shape index (κ3) is 3.77. The van der Waals surface area contributed by atoms with E-state index in [9.17, 15) is 18.0 Å². The van der Waals surface area contributed by atoms with Crippen LogP contribution in [0.15, 0.2) is 18.3 Å². The van der Waals surface area contributed by atoms with Crippen LogP contribution in [0.4, 0.5) is 13.2 Å². The van der Waals surface area contributed by atoms with Crippen LogP contribution in [0.5, 0.6) is 0 Å². The number of alkyl halides is 3. The average Bonchev–Trinajstić information content (AvgIpc) is 2.93. The Balaban J connectivity index is 2.06. The van der Waals surface area contributed by atoms with Crippen molar-refractivity contribution in [3.8, 4) is 0 Å². The van der Waals surface area contributed by atoms with Crippen molar-refractivity contribution in [2.75, 3.05) is 32.8 Å². The Kier molecular flexibility index (Phi) is 4.96. The van der Waals surface area contributed by atoms with E-state index in [4.69, 9.17) is 4.74 Å². The van der Waals surface area contributed by atoms with Crippen LogP contribution in [0.3, 0.4) is 0 Å². The molecular weight excluding hydrogens is 337 g/mol. The number of imidazole rings is 1. The highest BCUT2D eigenvalue weighted by Gasteiger charge is 2.32. The zero-order valence-electron chi connectivity index (χ0n) is 13.8. The van der Waals surface area contributed by atoms with E-state index < -0.39 is 17.7 Å². The normalized spacial score (nSPS) is 16.3. The van der Waals surface area contributed by atoms with E-state index in [2.05, 4.69) is 15.2 Å². The number of fused-ring (bicyclic) bond motifs is 1. The number of esters is 1. The van der Waals surface area contributed by atoms with E-state index in [0.717, 1.165) is 38.4 Å². The highest BCUT2D eigenvalue weighted by molar-refractivity contribution is 5.89. The summed E-state index contributed by atoms with van der Waals surface area (Å²) >= 11 is 0. The molecule has 0 saturated carbocycles. The summed E-state index contributed by atoms with van der Waals surface area (Å²) in [5, 5.41) is 3.21. The maximum atomic E-state index is 13.0. The molecule has 9 heteroatoms. The first kappa shape index (κ1) is 17.7. The molecule has 0 atom stereocenters. The molecule has 3 rings (SSSR count). The molecule has 25 heavy (non-hydrogen) atoms. The molecule has 2 aromatic rings. The first-order chi connectivity index (χ1) is 11.9. The van der Waals surface area contributed by atoms with Crippen LogP contribution >= 0.6 is 0 Å². The molecule has 6 nitrogen and oxygen atoms in total. The molecule has 3 heterocycles. The minimum atomic E-state index is -4.46. The molecule has 0 radical (unpaired) electrons. The summed E-state index contributed by atoms with van der Waals surface area (Å²) in [6, 6.07) is 2.23. The molecule has 0 bridgehead atoms. The molecule has 2 aromatic heterocycles. The van der Waals surface area contributed by atoms with Crippen LogP contribution in [0.1, 0.15) is 28.7 Å².